The number of carboxylic acid groups (broad SMARTS) is 1. The van der Waals surface area contributed by atoms with Gasteiger partial charge < -0.3 is 24.6 Å². The average Bonchev–Trinajstić information content (AvgIpc) is 2.66. The molecule has 0 bridgehead atoms. The van der Waals surface area contributed by atoms with Crippen molar-refractivity contribution in [1.82, 2.24) is 5.32 Å². The predicted molar refractivity (Wildman–Crippen MR) is 93.0 cm³/mol. The second-order valence-corrected chi connectivity index (χ2v) is 5.66. The number of carboxylic acids is 1. The predicted octanol–water partition coefficient (Wildman–Crippen LogP) is 1.89. The van der Waals surface area contributed by atoms with Gasteiger partial charge in [-0.15, -0.1) is 0 Å². The largest absolute Gasteiger partial charge is 0.486 e. The molecule has 1 aliphatic rings. The van der Waals surface area contributed by atoms with E-state index in [1.165, 1.54) is 0 Å². The Morgan fingerprint density at radius 2 is 1.85 bits per heavy atom. The first-order valence-electron chi connectivity index (χ1n) is 8.24. The number of carbonyl (C=O) groups excluding carboxylic acids is 1. The van der Waals surface area contributed by atoms with Crippen LogP contribution >= 0.6 is 0 Å². The van der Waals surface area contributed by atoms with Gasteiger partial charge in [-0.1, -0.05) is 18.2 Å². The standard InChI is InChI=1S/C19H19NO6/c21-17(22)12-26-14-6-4-13(5-7-14)8-9-20-19(23)15-2-1-3-16-18(15)25-11-10-24-16/h1-7H,8-12H2,(H,20,23)(H,21,22). The fourth-order valence-corrected chi connectivity index (χ4v) is 2.57. The van der Waals surface area contributed by atoms with Gasteiger partial charge in [-0.25, -0.2) is 4.79 Å². The van der Waals surface area contributed by atoms with Crippen LogP contribution in [0.25, 0.3) is 0 Å². The normalized spacial score (nSPS) is 12.3. The van der Waals surface area contributed by atoms with Crippen molar-refractivity contribution < 1.29 is 28.9 Å². The molecule has 0 spiro atoms. The number of rotatable bonds is 7. The number of hydrogen-bond acceptors (Lipinski definition) is 5. The van der Waals surface area contributed by atoms with Gasteiger partial charge in [-0.3, -0.25) is 4.79 Å². The number of nitrogens with one attached hydrogen (secondary N) is 1. The van der Waals surface area contributed by atoms with Crippen LogP contribution in [0.15, 0.2) is 42.5 Å². The van der Waals surface area contributed by atoms with E-state index in [-0.39, 0.29) is 12.5 Å². The maximum absolute atomic E-state index is 12.4. The first-order valence-corrected chi connectivity index (χ1v) is 8.24. The molecule has 2 aromatic rings. The van der Waals surface area contributed by atoms with Crippen LogP contribution in [0.1, 0.15) is 15.9 Å². The second kappa shape index (κ2) is 8.24. The van der Waals surface area contributed by atoms with Gasteiger partial charge in [0.2, 0.25) is 0 Å². The Balaban J connectivity index is 1.52. The van der Waals surface area contributed by atoms with Crippen molar-refractivity contribution in [2.75, 3.05) is 26.4 Å². The van der Waals surface area contributed by atoms with E-state index in [1.54, 1.807) is 30.3 Å². The van der Waals surface area contributed by atoms with Crippen molar-refractivity contribution in [3.05, 3.63) is 53.6 Å². The zero-order chi connectivity index (χ0) is 18.4. The number of benzene rings is 2. The van der Waals surface area contributed by atoms with Crippen molar-refractivity contribution in [2.24, 2.45) is 0 Å². The second-order valence-electron chi connectivity index (χ2n) is 5.66. The van der Waals surface area contributed by atoms with Crippen LogP contribution in [0.5, 0.6) is 17.2 Å². The van der Waals surface area contributed by atoms with Crippen molar-refractivity contribution in [1.29, 1.82) is 0 Å². The third kappa shape index (κ3) is 4.44. The van der Waals surface area contributed by atoms with Crippen LogP contribution in [0.4, 0.5) is 0 Å². The van der Waals surface area contributed by atoms with Crippen molar-refractivity contribution >= 4 is 11.9 Å². The van der Waals surface area contributed by atoms with Gasteiger partial charge in [-0.05, 0) is 36.2 Å². The minimum Gasteiger partial charge on any atom is -0.486 e. The smallest absolute Gasteiger partial charge is 0.341 e. The molecule has 0 aromatic heterocycles. The molecule has 1 heterocycles. The molecular weight excluding hydrogens is 338 g/mol. The average molecular weight is 357 g/mol. The molecule has 136 valence electrons. The van der Waals surface area contributed by atoms with Crippen LogP contribution in [0.2, 0.25) is 0 Å². The molecule has 26 heavy (non-hydrogen) atoms. The third-order valence-corrected chi connectivity index (χ3v) is 3.80. The van der Waals surface area contributed by atoms with Crippen LogP contribution in [0, 0.1) is 0 Å². The minimum absolute atomic E-state index is 0.214. The number of aliphatic carboxylic acids is 1. The van der Waals surface area contributed by atoms with Gasteiger partial charge in [0.1, 0.15) is 19.0 Å². The summed E-state index contributed by atoms with van der Waals surface area (Å²) in [7, 11) is 0. The van der Waals surface area contributed by atoms with Crippen molar-refractivity contribution in [3.63, 3.8) is 0 Å². The van der Waals surface area contributed by atoms with E-state index in [4.69, 9.17) is 19.3 Å². The highest BCUT2D eigenvalue weighted by Gasteiger charge is 2.19. The van der Waals surface area contributed by atoms with E-state index in [9.17, 15) is 9.59 Å². The zero-order valence-electron chi connectivity index (χ0n) is 14.1. The van der Waals surface area contributed by atoms with Crippen LogP contribution < -0.4 is 19.5 Å². The van der Waals surface area contributed by atoms with Gasteiger partial charge >= 0.3 is 5.97 Å². The highest BCUT2D eigenvalue weighted by atomic mass is 16.6. The van der Waals surface area contributed by atoms with E-state index in [0.29, 0.717) is 49.0 Å². The Kier molecular flexibility index (Phi) is 5.58. The third-order valence-electron chi connectivity index (χ3n) is 3.80. The number of carbonyl (C=O) groups is 2. The fraction of sp³-hybridized carbons (Fsp3) is 0.263. The number of hydrogen-bond donors (Lipinski definition) is 2. The Bertz CT molecular complexity index is 787. The summed E-state index contributed by atoms with van der Waals surface area (Å²) in [6.45, 7) is 0.985. The monoisotopic (exact) mass is 357 g/mol. The number of fused-ring (bicyclic) bond motifs is 1. The Hall–Kier alpha value is -3.22. The molecule has 0 radical (unpaired) electrons. The summed E-state index contributed by atoms with van der Waals surface area (Å²) in [6.07, 6.45) is 0.636. The van der Waals surface area contributed by atoms with E-state index in [0.717, 1.165) is 5.56 Å². The lowest BCUT2D eigenvalue weighted by molar-refractivity contribution is -0.139. The SMILES string of the molecule is O=C(O)COc1ccc(CCNC(=O)c2cccc3c2OCCO3)cc1. The minimum atomic E-state index is -1.02. The molecule has 0 atom stereocenters. The molecule has 7 heteroatoms. The molecule has 0 fully saturated rings. The molecule has 1 amide bonds. The highest BCUT2D eigenvalue weighted by molar-refractivity contribution is 5.97. The quantitative estimate of drug-likeness (QED) is 0.786. The van der Waals surface area contributed by atoms with Crippen LogP contribution in [0.3, 0.4) is 0 Å². The van der Waals surface area contributed by atoms with Gasteiger partial charge in [0.05, 0.1) is 5.56 Å². The Morgan fingerprint density at radius 1 is 1.08 bits per heavy atom. The molecule has 0 saturated heterocycles. The van der Waals surface area contributed by atoms with Gasteiger partial charge in [0.15, 0.2) is 18.1 Å². The molecule has 0 aliphatic carbocycles. The molecule has 1 aliphatic heterocycles. The molecule has 0 unspecified atom stereocenters. The van der Waals surface area contributed by atoms with E-state index < -0.39 is 5.97 Å². The van der Waals surface area contributed by atoms with E-state index >= 15 is 0 Å². The first-order chi connectivity index (χ1) is 12.6. The Morgan fingerprint density at radius 3 is 2.62 bits per heavy atom. The summed E-state index contributed by atoms with van der Waals surface area (Å²) in [5.41, 5.74) is 1.46. The summed E-state index contributed by atoms with van der Waals surface area (Å²) in [6, 6.07) is 12.3. The molecule has 0 saturated carbocycles. The summed E-state index contributed by atoms with van der Waals surface area (Å²) >= 11 is 0. The lowest BCUT2D eigenvalue weighted by Crippen LogP contribution is -2.27. The molecular formula is C19H19NO6. The molecule has 7 nitrogen and oxygen atoms in total. The Labute approximate surface area is 150 Å². The lowest BCUT2D eigenvalue weighted by atomic mass is 10.1. The number of amides is 1. The van der Waals surface area contributed by atoms with Gasteiger partial charge in [0, 0.05) is 6.54 Å². The summed E-state index contributed by atoms with van der Waals surface area (Å²) in [5.74, 6) is 0.327. The molecule has 3 rings (SSSR count). The van der Waals surface area contributed by atoms with Gasteiger partial charge in [-0.2, -0.15) is 0 Å². The van der Waals surface area contributed by atoms with Crippen LogP contribution in [-0.4, -0.2) is 43.3 Å². The van der Waals surface area contributed by atoms with Crippen molar-refractivity contribution in [2.45, 2.75) is 6.42 Å². The molecule has 2 N–H and O–H groups in total. The zero-order valence-corrected chi connectivity index (χ0v) is 14.1. The fourth-order valence-electron chi connectivity index (χ4n) is 2.57. The van der Waals surface area contributed by atoms with Crippen LogP contribution in [-0.2, 0) is 11.2 Å². The number of para-hydroxylation sites is 1. The molecule has 2 aromatic carbocycles. The first kappa shape index (κ1) is 17.6. The highest BCUT2D eigenvalue weighted by Crippen LogP contribution is 2.33. The summed E-state index contributed by atoms with van der Waals surface area (Å²) in [5, 5.41) is 11.5. The topological polar surface area (TPSA) is 94.1 Å². The maximum atomic E-state index is 12.4. The number of ether oxygens (including phenoxy) is 3. The summed E-state index contributed by atoms with van der Waals surface area (Å²) < 4.78 is 16.1. The summed E-state index contributed by atoms with van der Waals surface area (Å²) in [4.78, 5) is 22.9. The van der Waals surface area contributed by atoms with E-state index in [2.05, 4.69) is 5.32 Å². The lowest BCUT2D eigenvalue weighted by Gasteiger charge is -2.20. The van der Waals surface area contributed by atoms with Gasteiger partial charge in [0.25, 0.3) is 5.91 Å². The van der Waals surface area contributed by atoms with Crippen molar-refractivity contribution in [3.8, 4) is 17.2 Å². The maximum Gasteiger partial charge on any atom is 0.341 e. The van der Waals surface area contributed by atoms with E-state index in [1.807, 2.05) is 12.1 Å².